The smallest absolute Gasteiger partial charge is 0.254 e. The molecule has 0 aliphatic heterocycles. The van der Waals surface area contributed by atoms with Crippen LogP contribution in [0.4, 0.5) is 0 Å². The third-order valence-electron chi connectivity index (χ3n) is 2.71. The van der Waals surface area contributed by atoms with Crippen LogP contribution in [-0.4, -0.2) is 54.4 Å². The number of amides is 1. The molecule has 4 N–H and O–H groups in total. The quantitative estimate of drug-likeness (QED) is 0.627. The molecule has 6 heteroatoms. The first kappa shape index (κ1) is 15.3. The van der Waals surface area contributed by atoms with E-state index in [0.29, 0.717) is 38.2 Å². The highest BCUT2D eigenvalue weighted by Crippen LogP contribution is 2.25. The van der Waals surface area contributed by atoms with E-state index in [2.05, 4.69) is 0 Å². The predicted molar refractivity (Wildman–Crippen MR) is 71.2 cm³/mol. The lowest BCUT2D eigenvalue weighted by Crippen LogP contribution is -2.35. The number of hydrogen-bond acceptors (Lipinski definition) is 5. The molecule has 1 amide bonds. The molecule has 0 aliphatic carbocycles. The monoisotopic (exact) mass is 268 g/mol. The van der Waals surface area contributed by atoms with Crippen LogP contribution in [0.25, 0.3) is 0 Å². The first-order valence-electron chi connectivity index (χ1n) is 6.10. The fourth-order valence-corrected chi connectivity index (χ4v) is 1.64. The Hall–Kier alpha value is -1.79. The maximum Gasteiger partial charge on any atom is 0.254 e. The van der Waals surface area contributed by atoms with Crippen LogP contribution in [0.15, 0.2) is 18.2 Å². The highest BCUT2D eigenvalue weighted by Gasteiger charge is 2.16. The molecule has 0 aromatic heterocycles. The summed E-state index contributed by atoms with van der Waals surface area (Å²) in [5, 5.41) is 18.7. The molecule has 106 valence electrons. The van der Waals surface area contributed by atoms with Crippen LogP contribution in [-0.2, 0) is 4.74 Å². The van der Waals surface area contributed by atoms with Crippen LogP contribution >= 0.6 is 0 Å². The lowest BCUT2D eigenvalue weighted by Gasteiger charge is -2.22. The molecule has 0 unspecified atom stereocenters. The van der Waals surface area contributed by atoms with Crippen LogP contribution in [0.1, 0.15) is 16.8 Å². The standard InChI is InChI=1S/C13H20N2O4/c1-19-8-7-15(6-2-5-14)13(18)10-3-4-11(16)12(17)9-10/h3-4,9,16-17H,2,5-8,14H2,1H3. The molecule has 6 nitrogen and oxygen atoms in total. The summed E-state index contributed by atoms with van der Waals surface area (Å²) < 4.78 is 4.97. The number of carbonyl (C=O) groups excluding carboxylic acids is 1. The van der Waals surface area contributed by atoms with Gasteiger partial charge in [-0.1, -0.05) is 0 Å². The number of methoxy groups -OCH3 is 1. The average molecular weight is 268 g/mol. The summed E-state index contributed by atoms with van der Waals surface area (Å²) in [5.41, 5.74) is 5.77. The fraction of sp³-hybridized carbons (Fsp3) is 0.462. The Kier molecular flexibility index (Phi) is 6.11. The Balaban J connectivity index is 2.81. The minimum atomic E-state index is -0.309. The third-order valence-corrected chi connectivity index (χ3v) is 2.71. The van der Waals surface area contributed by atoms with Gasteiger partial charge in [-0.3, -0.25) is 4.79 Å². The first-order chi connectivity index (χ1) is 9.10. The molecule has 19 heavy (non-hydrogen) atoms. The van der Waals surface area contributed by atoms with Gasteiger partial charge in [0.05, 0.1) is 6.61 Å². The second-order valence-corrected chi connectivity index (χ2v) is 4.13. The van der Waals surface area contributed by atoms with Crippen molar-refractivity contribution in [3.05, 3.63) is 23.8 Å². The summed E-state index contributed by atoms with van der Waals surface area (Å²) in [4.78, 5) is 13.9. The molecule has 1 aromatic rings. The number of phenols is 2. The van der Waals surface area contributed by atoms with Gasteiger partial charge >= 0.3 is 0 Å². The minimum Gasteiger partial charge on any atom is -0.504 e. The van der Waals surface area contributed by atoms with Crippen molar-refractivity contribution < 1.29 is 19.7 Å². The van der Waals surface area contributed by atoms with E-state index >= 15 is 0 Å². The molecule has 0 spiro atoms. The maximum atomic E-state index is 12.3. The van der Waals surface area contributed by atoms with E-state index in [9.17, 15) is 15.0 Å². The van der Waals surface area contributed by atoms with Gasteiger partial charge in [-0.2, -0.15) is 0 Å². The number of carbonyl (C=O) groups is 1. The van der Waals surface area contributed by atoms with Crippen molar-refractivity contribution in [3.63, 3.8) is 0 Å². The predicted octanol–water partition coefficient (Wildman–Crippen LogP) is 0.535. The van der Waals surface area contributed by atoms with Crippen LogP contribution in [0.5, 0.6) is 11.5 Å². The molecule has 0 saturated carbocycles. The van der Waals surface area contributed by atoms with Gasteiger partial charge in [0.15, 0.2) is 11.5 Å². The summed E-state index contributed by atoms with van der Waals surface area (Å²) >= 11 is 0. The van der Waals surface area contributed by atoms with E-state index in [1.165, 1.54) is 18.2 Å². The molecule has 0 atom stereocenters. The number of nitrogens with two attached hydrogens (primary N) is 1. The Bertz CT molecular complexity index is 415. The van der Waals surface area contributed by atoms with E-state index in [4.69, 9.17) is 10.5 Å². The van der Waals surface area contributed by atoms with Crippen molar-refractivity contribution in [2.24, 2.45) is 5.73 Å². The molecule has 0 radical (unpaired) electrons. The maximum absolute atomic E-state index is 12.3. The number of aromatic hydroxyl groups is 2. The fourth-order valence-electron chi connectivity index (χ4n) is 1.64. The van der Waals surface area contributed by atoms with Crippen molar-refractivity contribution in [2.75, 3.05) is 33.4 Å². The van der Waals surface area contributed by atoms with E-state index in [-0.39, 0.29) is 17.4 Å². The van der Waals surface area contributed by atoms with Crippen molar-refractivity contribution in [2.45, 2.75) is 6.42 Å². The number of hydrogen-bond donors (Lipinski definition) is 3. The zero-order valence-corrected chi connectivity index (χ0v) is 11.0. The lowest BCUT2D eigenvalue weighted by molar-refractivity contribution is 0.0694. The third kappa shape index (κ3) is 4.42. The van der Waals surface area contributed by atoms with Crippen molar-refractivity contribution in [1.29, 1.82) is 0 Å². The van der Waals surface area contributed by atoms with Gasteiger partial charge in [0.1, 0.15) is 0 Å². The molecule has 0 saturated heterocycles. The molecule has 1 aromatic carbocycles. The number of phenolic OH excluding ortho intramolecular Hbond substituents is 2. The Morgan fingerprint density at radius 2 is 2.05 bits per heavy atom. The van der Waals surface area contributed by atoms with Crippen molar-refractivity contribution in [3.8, 4) is 11.5 Å². The zero-order valence-electron chi connectivity index (χ0n) is 11.0. The molecular formula is C13H20N2O4. The van der Waals surface area contributed by atoms with E-state index in [0.717, 1.165) is 0 Å². The lowest BCUT2D eigenvalue weighted by atomic mass is 10.1. The van der Waals surface area contributed by atoms with Gasteiger partial charge in [-0.05, 0) is 31.2 Å². The van der Waals surface area contributed by atoms with Crippen molar-refractivity contribution in [1.82, 2.24) is 4.90 Å². The Labute approximate surface area is 112 Å². The molecule has 0 heterocycles. The Morgan fingerprint density at radius 3 is 2.63 bits per heavy atom. The second-order valence-electron chi connectivity index (χ2n) is 4.13. The zero-order chi connectivity index (χ0) is 14.3. The molecular weight excluding hydrogens is 248 g/mol. The molecule has 1 rings (SSSR count). The first-order valence-corrected chi connectivity index (χ1v) is 6.10. The van der Waals surface area contributed by atoms with Gasteiger partial charge in [0.25, 0.3) is 5.91 Å². The van der Waals surface area contributed by atoms with Crippen molar-refractivity contribution >= 4 is 5.91 Å². The van der Waals surface area contributed by atoms with Crippen LogP contribution in [0.3, 0.4) is 0 Å². The van der Waals surface area contributed by atoms with Gasteiger partial charge < -0.3 is 25.6 Å². The van der Waals surface area contributed by atoms with Gasteiger partial charge in [0.2, 0.25) is 0 Å². The molecule has 0 fully saturated rings. The largest absolute Gasteiger partial charge is 0.504 e. The highest BCUT2D eigenvalue weighted by atomic mass is 16.5. The molecule has 0 aliphatic rings. The molecule has 0 bridgehead atoms. The summed E-state index contributed by atoms with van der Waals surface area (Å²) in [5.74, 6) is -0.779. The van der Waals surface area contributed by atoms with E-state index < -0.39 is 0 Å². The van der Waals surface area contributed by atoms with Crippen LogP contribution < -0.4 is 5.73 Å². The number of rotatable bonds is 7. The normalized spacial score (nSPS) is 10.4. The highest BCUT2D eigenvalue weighted by molar-refractivity contribution is 5.94. The van der Waals surface area contributed by atoms with Gasteiger partial charge in [-0.15, -0.1) is 0 Å². The number of nitrogens with zero attached hydrogens (tertiary/aromatic N) is 1. The topological polar surface area (TPSA) is 96.0 Å². The van der Waals surface area contributed by atoms with E-state index in [1.54, 1.807) is 12.0 Å². The summed E-state index contributed by atoms with van der Waals surface area (Å²) in [6.45, 7) is 1.91. The van der Waals surface area contributed by atoms with E-state index in [1.807, 2.05) is 0 Å². The Morgan fingerprint density at radius 1 is 1.32 bits per heavy atom. The second kappa shape index (κ2) is 7.60. The summed E-state index contributed by atoms with van der Waals surface area (Å²) in [6, 6.07) is 4.01. The van der Waals surface area contributed by atoms with Gasteiger partial charge in [-0.25, -0.2) is 0 Å². The van der Waals surface area contributed by atoms with Gasteiger partial charge in [0, 0.05) is 25.8 Å². The van der Waals surface area contributed by atoms with Crippen LogP contribution in [0, 0.1) is 0 Å². The number of ether oxygens (including phenoxy) is 1. The summed E-state index contributed by atoms with van der Waals surface area (Å²) in [6.07, 6.45) is 0.694. The van der Waals surface area contributed by atoms with Crippen LogP contribution in [0.2, 0.25) is 0 Å². The number of benzene rings is 1. The summed E-state index contributed by atoms with van der Waals surface area (Å²) in [7, 11) is 1.57. The SMILES string of the molecule is COCCN(CCCN)C(=O)c1ccc(O)c(O)c1. The average Bonchev–Trinajstić information content (AvgIpc) is 2.41. The minimum absolute atomic E-state index is 0.221.